The number of carbonyl (C=O) groups is 2. The minimum absolute atomic E-state index is 0. The number of hydrogen-bond donors (Lipinski definition) is 1. The van der Waals surface area contributed by atoms with Crippen LogP contribution in [0.5, 0.6) is 0 Å². The number of nitrogens with one attached hydrogen (secondary N) is 1. The summed E-state index contributed by atoms with van der Waals surface area (Å²) in [5.41, 5.74) is 1.01. The third kappa shape index (κ3) is 9.20. The van der Waals surface area contributed by atoms with Crippen molar-refractivity contribution in [3.05, 3.63) is 12.2 Å². The normalized spacial score (nSPS) is 18.3. The lowest BCUT2D eigenvalue weighted by Crippen LogP contribution is -2.54. The first-order valence-corrected chi connectivity index (χ1v) is 10.7. The number of likely N-dealkylation sites (tertiary alicyclic amines) is 1. The molecule has 172 valence electrons. The van der Waals surface area contributed by atoms with E-state index in [1.807, 2.05) is 11.8 Å². The molecule has 2 aliphatic heterocycles. The standard InChI is InChI=1S/C21H38N6O2.HI/c1-18(2)15-22-21(23-16-19(28)24(3)4)27-13-11-25(12-14-27)17-20(29)26-9-7-5-6-8-10-26;/h1,5-17H2,2-4H3,(H,22,23);1H. The molecule has 2 rings (SSSR count). The van der Waals surface area contributed by atoms with E-state index in [1.54, 1.807) is 19.0 Å². The van der Waals surface area contributed by atoms with Gasteiger partial charge in [-0.05, 0) is 19.8 Å². The van der Waals surface area contributed by atoms with Gasteiger partial charge in [0.15, 0.2) is 5.96 Å². The highest BCUT2D eigenvalue weighted by atomic mass is 127. The van der Waals surface area contributed by atoms with Crippen molar-refractivity contribution in [2.45, 2.75) is 32.6 Å². The van der Waals surface area contributed by atoms with E-state index in [9.17, 15) is 9.59 Å². The van der Waals surface area contributed by atoms with Gasteiger partial charge in [0.1, 0.15) is 6.54 Å². The molecule has 2 aliphatic rings. The highest BCUT2D eigenvalue weighted by Gasteiger charge is 2.24. The summed E-state index contributed by atoms with van der Waals surface area (Å²) in [5, 5.41) is 3.31. The number of aliphatic imine (C=N–C) groups is 1. The van der Waals surface area contributed by atoms with Crippen molar-refractivity contribution in [1.29, 1.82) is 0 Å². The zero-order valence-electron chi connectivity index (χ0n) is 18.9. The van der Waals surface area contributed by atoms with Crippen LogP contribution in [0.25, 0.3) is 0 Å². The van der Waals surface area contributed by atoms with Gasteiger partial charge in [0.05, 0.1) is 6.54 Å². The zero-order valence-corrected chi connectivity index (χ0v) is 21.2. The van der Waals surface area contributed by atoms with E-state index in [1.165, 1.54) is 12.8 Å². The molecule has 0 aromatic rings. The third-order valence-electron chi connectivity index (χ3n) is 5.40. The number of carbonyl (C=O) groups excluding carboxylic acids is 2. The fourth-order valence-corrected chi connectivity index (χ4v) is 3.51. The lowest BCUT2D eigenvalue weighted by molar-refractivity contribution is -0.132. The topological polar surface area (TPSA) is 71.5 Å². The molecule has 0 atom stereocenters. The van der Waals surface area contributed by atoms with E-state index in [2.05, 4.69) is 26.7 Å². The summed E-state index contributed by atoms with van der Waals surface area (Å²) in [6.45, 7) is 12.1. The van der Waals surface area contributed by atoms with E-state index >= 15 is 0 Å². The van der Waals surface area contributed by atoms with Crippen molar-refractivity contribution in [3.8, 4) is 0 Å². The quantitative estimate of drug-likeness (QED) is 0.240. The minimum Gasteiger partial charge on any atom is -0.353 e. The van der Waals surface area contributed by atoms with Crippen molar-refractivity contribution in [3.63, 3.8) is 0 Å². The molecule has 8 nitrogen and oxygen atoms in total. The molecule has 30 heavy (non-hydrogen) atoms. The molecular weight excluding hydrogens is 495 g/mol. The number of nitrogens with zero attached hydrogens (tertiary/aromatic N) is 5. The second-order valence-electron chi connectivity index (χ2n) is 8.30. The average molecular weight is 534 g/mol. The van der Waals surface area contributed by atoms with E-state index in [0.717, 1.165) is 63.6 Å². The Morgan fingerprint density at radius 3 is 2.10 bits per heavy atom. The predicted octanol–water partition coefficient (Wildman–Crippen LogP) is 1.23. The molecule has 0 aromatic heterocycles. The summed E-state index contributed by atoms with van der Waals surface area (Å²) in [7, 11) is 3.47. The maximum atomic E-state index is 12.6. The van der Waals surface area contributed by atoms with Gasteiger partial charge in [-0.2, -0.15) is 0 Å². The van der Waals surface area contributed by atoms with Crippen molar-refractivity contribution in [1.82, 2.24) is 24.9 Å². The summed E-state index contributed by atoms with van der Waals surface area (Å²) in [6.07, 6.45) is 4.72. The Labute approximate surface area is 198 Å². The Kier molecular flexibility index (Phi) is 12.3. The van der Waals surface area contributed by atoms with Crippen molar-refractivity contribution in [2.24, 2.45) is 4.99 Å². The molecule has 2 amide bonds. The van der Waals surface area contributed by atoms with Crippen LogP contribution in [0.4, 0.5) is 0 Å². The predicted molar refractivity (Wildman–Crippen MR) is 132 cm³/mol. The lowest BCUT2D eigenvalue weighted by atomic mass is 10.2. The van der Waals surface area contributed by atoms with Crippen LogP contribution in [0.3, 0.4) is 0 Å². The molecular formula is C21H39IN6O2. The molecule has 0 radical (unpaired) electrons. The van der Waals surface area contributed by atoms with Crippen molar-refractivity contribution in [2.75, 3.05) is 73.0 Å². The van der Waals surface area contributed by atoms with Crippen LogP contribution in [0.1, 0.15) is 32.6 Å². The number of guanidine groups is 1. The van der Waals surface area contributed by atoms with Crippen LogP contribution in [0, 0.1) is 0 Å². The SMILES string of the molecule is C=C(C)CNC(=NCC(=O)N(C)C)N1CCN(CC(=O)N2CCCCCC2)CC1.I. The molecule has 2 saturated heterocycles. The van der Waals surface area contributed by atoms with Gasteiger partial charge in [-0.15, -0.1) is 24.0 Å². The van der Waals surface area contributed by atoms with Gasteiger partial charge >= 0.3 is 0 Å². The summed E-state index contributed by atoms with van der Waals surface area (Å²) >= 11 is 0. The molecule has 0 unspecified atom stereocenters. The number of piperazine rings is 1. The average Bonchev–Trinajstić information content (AvgIpc) is 2.98. The van der Waals surface area contributed by atoms with Gasteiger partial charge in [0.25, 0.3) is 0 Å². The van der Waals surface area contributed by atoms with Gasteiger partial charge in [-0.1, -0.05) is 25.0 Å². The highest BCUT2D eigenvalue weighted by Crippen LogP contribution is 2.11. The first kappa shape index (κ1) is 26.7. The van der Waals surface area contributed by atoms with Gasteiger partial charge in [0, 0.05) is 59.9 Å². The van der Waals surface area contributed by atoms with Gasteiger partial charge in [-0.3, -0.25) is 14.5 Å². The molecule has 0 saturated carbocycles. The van der Waals surface area contributed by atoms with Crippen LogP contribution in [0.15, 0.2) is 17.1 Å². The number of hydrogen-bond acceptors (Lipinski definition) is 4. The molecule has 9 heteroatoms. The number of rotatable bonds is 6. The first-order valence-electron chi connectivity index (χ1n) is 10.7. The van der Waals surface area contributed by atoms with Crippen LogP contribution in [-0.4, -0.2) is 110 Å². The van der Waals surface area contributed by atoms with Crippen molar-refractivity contribution >= 4 is 41.8 Å². The Morgan fingerprint density at radius 1 is 0.967 bits per heavy atom. The minimum atomic E-state index is -0.0266. The van der Waals surface area contributed by atoms with Crippen LogP contribution >= 0.6 is 24.0 Å². The Balaban J connectivity index is 0.00000450. The molecule has 2 fully saturated rings. The van der Waals surface area contributed by atoms with Gasteiger partial charge in [-0.25, -0.2) is 4.99 Å². The maximum Gasteiger partial charge on any atom is 0.243 e. The lowest BCUT2D eigenvalue weighted by Gasteiger charge is -2.37. The first-order chi connectivity index (χ1) is 13.9. The second-order valence-corrected chi connectivity index (χ2v) is 8.30. The second kappa shape index (κ2) is 13.8. The monoisotopic (exact) mass is 534 g/mol. The zero-order chi connectivity index (χ0) is 21.2. The fourth-order valence-electron chi connectivity index (χ4n) is 3.51. The third-order valence-corrected chi connectivity index (χ3v) is 5.40. The summed E-state index contributed by atoms with van der Waals surface area (Å²) in [4.78, 5) is 37.0. The van der Waals surface area contributed by atoms with E-state index in [4.69, 9.17) is 0 Å². The van der Waals surface area contributed by atoms with Gasteiger partial charge < -0.3 is 20.0 Å². The molecule has 0 spiro atoms. The number of amides is 2. The highest BCUT2D eigenvalue weighted by molar-refractivity contribution is 14.0. The Hall–Kier alpha value is -1.36. The maximum absolute atomic E-state index is 12.6. The molecule has 0 aromatic carbocycles. The molecule has 1 N–H and O–H groups in total. The van der Waals surface area contributed by atoms with E-state index in [0.29, 0.717) is 13.1 Å². The molecule has 0 bridgehead atoms. The van der Waals surface area contributed by atoms with Crippen LogP contribution < -0.4 is 5.32 Å². The molecule has 2 heterocycles. The summed E-state index contributed by atoms with van der Waals surface area (Å²) < 4.78 is 0. The Morgan fingerprint density at radius 2 is 1.57 bits per heavy atom. The number of likely N-dealkylation sites (N-methyl/N-ethyl adjacent to an activating group) is 1. The van der Waals surface area contributed by atoms with E-state index < -0.39 is 0 Å². The molecule has 0 aliphatic carbocycles. The van der Waals surface area contributed by atoms with Gasteiger partial charge in [0.2, 0.25) is 11.8 Å². The van der Waals surface area contributed by atoms with Crippen LogP contribution in [0.2, 0.25) is 0 Å². The van der Waals surface area contributed by atoms with Crippen LogP contribution in [-0.2, 0) is 9.59 Å². The number of halogens is 1. The largest absolute Gasteiger partial charge is 0.353 e. The van der Waals surface area contributed by atoms with E-state index in [-0.39, 0.29) is 42.3 Å². The smallest absolute Gasteiger partial charge is 0.243 e. The Bertz CT molecular complexity index is 594. The fraction of sp³-hybridized carbons (Fsp3) is 0.762. The van der Waals surface area contributed by atoms with Crippen molar-refractivity contribution < 1.29 is 9.59 Å². The summed E-state index contributed by atoms with van der Waals surface area (Å²) in [5.74, 6) is 0.967. The summed E-state index contributed by atoms with van der Waals surface area (Å²) in [6, 6.07) is 0.